The van der Waals surface area contributed by atoms with E-state index < -0.39 is 40.5 Å². The van der Waals surface area contributed by atoms with Crippen molar-refractivity contribution < 1.29 is 23.5 Å². The zero-order valence-electron chi connectivity index (χ0n) is 10.8. The standard InChI is InChI=1S/C13H15F2NO3/c1-13(2,3)10(12(18)19)16-11(17)8-5-4-7(14)6-9(8)15/h4-6,10H,1-3H3,(H,16,17)(H,18,19). The molecule has 0 spiro atoms. The lowest BCUT2D eigenvalue weighted by molar-refractivity contribution is -0.142. The Balaban J connectivity index is 2.98. The third-order valence-electron chi connectivity index (χ3n) is 2.56. The highest BCUT2D eigenvalue weighted by Crippen LogP contribution is 2.20. The summed E-state index contributed by atoms with van der Waals surface area (Å²) in [6, 6.07) is 1.30. The Morgan fingerprint density at radius 1 is 1.26 bits per heavy atom. The number of rotatable bonds is 3. The molecule has 1 aromatic rings. The maximum Gasteiger partial charge on any atom is 0.326 e. The molecule has 0 bridgehead atoms. The number of carboxylic acids is 1. The van der Waals surface area contributed by atoms with Crippen LogP contribution in [0.1, 0.15) is 31.1 Å². The minimum atomic E-state index is -1.22. The summed E-state index contributed by atoms with van der Waals surface area (Å²) >= 11 is 0. The molecule has 0 saturated heterocycles. The van der Waals surface area contributed by atoms with Gasteiger partial charge in [-0.2, -0.15) is 0 Å². The highest BCUT2D eigenvalue weighted by molar-refractivity contribution is 5.97. The largest absolute Gasteiger partial charge is 0.480 e. The summed E-state index contributed by atoms with van der Waals surface area (Å²) < 4.78 is 26.1. The predicted molar refractivity (Wildman–Crippen MR) is 64.7 cm³/mol. The number of carboxylic acid groups (broad SMARTS) is 1. The fourth-order valence-electron chi connectivity index (χ4n) is 1.53. The van der Waals surface area contributed by atoms with Gasteiger partial charge in [0.2, 0.25) is 0 Å². The monoisotopic (exact) mass is 271 g/mol. The Morgan fingerprint density at radius 3 is 2.26 bits per heavy atom. The van der Waals surface area contributed by atoms with Gasteiger partial charge >= 0.3 is 5.97 Å². The van der Waals surface area contributed by atoms with Gasteiger partial charge < -0.3 is 10.4 Å². The van der Waals surface area contributed by atoms with Crippen LogP contribution >= 0.6 is 0 Å². The van der Waals surface area contributed by atoms with E-state index in [9.17, 15) is 18.4 Å². The zero-order chi connectivity index (χ0) is 14.8. The molecule has 0 saturated carbocycles. The number of amides is 1. The first-order valence-corrected chi connectivity index (χ1v) is 5.61. The molecular formula is C13H15F2NO3. The highest BCUT2D eigenvalue weighted by atomic mass is 19.1. The maximum absolute atomic E-state index is 13.4. The average Bonchev–Trinajstić information content (AvgIpc) is 2.23. The van der Waals surface area contributed by atoms with Crippen LogP contribution in [-0.4, -0.2) is 23.0 Å². The topological polar surface area (TPSA) is 66.4 Å². The van der Waals surface area contributed by atoms with E-state index in [-0.39, 0.29) is 0 Å². The molecule has 19 heavy (non-hydrogen) atoms. The second kappa shape index (κ2) is 5.34. The van der Waals surface area contributed by atoms with Gasteiger partial charge in [-0.15, -0.1) is 0 Å². The molecule has 1 atom stereocenters. The number of aliphatic carboxylic acids is 1. The molecule has 0 heterocycles. The van der Waals surface area contributed by atoms with Crippen LogP contribution in [0.2, 0.25) is 0 Å². The second-order valence-electron chi connectivity index (χ2n) is 5.23. The van der Waals surface area contributed by atoms with E-state index in [0.717, 1.165) is 12.1 Å². The molecule has 0 aliphatic heterocycles. The number of benzene rings is 1. The van der Waals surface area contributed by atoms with Crippen molar-refractivity contribution in [2.45, 2.75) is 26.8 Å². The summed E-state index contributed by atoms with van der Waals surface area (Å²) in [5, 5.41) is 11.3. The lowest BCUT2D eigenvalue weighted by atomic mass is 9.86. The molecule has 1 rings (SSSR count). The summed E-state index contributed by atoms with van der Waals surface area (Å²) in [5.74, 6) is -3.95. The van der Waals surface area contributed by atoms with E-state index in [4.69, 9.17) is 5.11 Å². The van der Waals surface area contributed by atoms with E-state index >= 15 is 0 Å². The van der Waals surface area contributed by atoms with E-state index in [1.807, 2.05) is 0 Å². The van der Waals surface area contributed by atoms with E-state index in [2.05, 4.69) is 5.32 Å². The van der Waals surface area contributed by atoms with Crippen molar-refractivity contribution in [3.63, 3.8) is 0 Å². The van der Waals surface area contributed by atoms with Crippen LogP contribution in [0.3, 0.4) is 0 Å². The zero-order valence-corrected chi connectivity index (χ0v) is 10.8. The van der Waals surface area contributed by atoms with Crippen molar-refractivity contribution in [2.24, 2.45) is 5.41 Å². The van der Waals surface area contributed by atoms with Crippen molar-refractivity contribution in [1.29, 1.82) is 0 Å². The van der Waals surface area contributed by atoms with Crippen molar-refractivity contribution in [3.8, 4) is 0 Å². The van der Waals surface area contributed by atoms with E-state index in [1.54, 1.807) is 20.8 Å². The number of halogens is 2. The number of nitrogens with one attached hydrogen (secondary N) is 1. The van der Waals surface area contributed by atoms with Gasteiger partial charge in [-0.1, -0.05) is 20.8 Å². The average molecular weight is 271 g/mol. The lowest BCUT2D eigenvalue weighted by Gasteiger charge is -2.27. The Labute approximate surface area is 109 Å². The normalized spacial score (nSPS) is 12.9. The first-order valence-electron chi connectivity index (χ1n) is 5.61. The molecule has 104 valence electrons. The molecule has 0 fully saturated rings. The molecule has 0 aliphatic rings. The Bertz CT molecular complexity index is 509. The van der Waals surface area contributed by atoms with Crippen LogP contribution < -0.4 is 5.32 Å². The minimum absolute atomic E-state index is 0.392. The summed E-state index contributed by atoms with van der Waals surface area (Å²) in [6.45, 7) is 4.90. The summed E-state index contributed by atoms with van der Waals surface area (Å²) in [6.07, 6.45) is 0. The van der Waals surface area contributed by atoms with Gasteiger partial charge in [0.15, 0.2) is 0 Å². The molecule has 0 aromatic heterocycles. The molecule has 6 heteroatoms. The Kier molecular flexibility index (Phi) is 4.24. The van der Waals surface area contributed by atoms with Crippen molar-refractivity contribution in [1.82, 2.24) is 5.32 Å². The van der Waals surface area contributed by atoms with Gasteiger partial charge in [0.25, 0.3) is 5.91 Å². The van der Waals surface area contributed by atoms with E-state index in [1.165, 1.54) is 0 Å². The van der Waals surface area contributed by atoms with E-state index in [0.29, 0.717) is 6.07 Å². The SMILES string of the molecule is CC(C)(C)C(NC(=O)c1ccc(F)cc1F)C(=O)O. The molecular weight excluding hydrogens is 256 g/mol. The van der Waals surface area contributed by atoms with Crippen LogP contribution in [0.15, 0.2) is 18.2 Å². The van der Waals surface area contributed by atoms with Crippen LogP contribution in [0.4, 0.5) is 8.78 Å². The molecule has 0 aliphatic carbocycles. The van der Waals surface area contributed by atoms with Crippen LogP contribution in [-0.2, 0) is 4.79 Å². The van der Waals surface area contributed by atoms with Gasteiger partial charge in [-0.05, 0) is 17.5 Å². The smallest absolute Gasteiger partial charge is 0.326 e. The van der Waals surface area contributed by atoms with Crippen molar-refractivity contribution in [2.75, 3.05) is 0 Å². The Hall–Kier alpha value is -1.98. The Morgan fingerprint density at radius 2 is 1.84 bits per heavy atom. The molecule has 1 aromatic carbocycles. The van der Waals surface area contributed by atoms with Gasteiger partial charge in [-0.3, -0.25) is 4.79 Å². The third kappa shape index (κ3) is 3.74. The molecule has 4 nitrogen and oxygen atoms in total. The summed E-state index contributed by atoms with van der Waals surface area (Å²) in [5.41, 5.74) is -1.13. The molecule has 1 amide bonds. The van der Waals surface area contributed by atoms with Crippen LogP contribution in [0, 0.1) is 17.0 Å². The van der Waals surface area contributed by atoms with Crippen LogP contribution in [0.25, 0.3) is 0 Å². The number of carbonyl (C=O) groups is 2. The van der Waals surface area contributed by atoms with Crippen molar-refractivity contribution in [3.05, 3.63) is 35.4 Å². The first kappa shape index (κ1) is 15.1. The second-order valence-corrected chi connectivity index (χ2v) is 5.23. The number of hydrogen-bond acceptors (Lipinski definition) is 2. The van der Waals surface area contributed by atoms with Gasteiger partial charge in [0.05, 0.1) is 5.56 Å². The van der Waals surface area contributed by atoms with Gasteiger partial charge in [-0.25, -0.2) is 13.6 Å². The first-order chi connectivity index (χ1) is 8.62. The van der Waals surface area contributed by atoms with Gasteiger partial charge in [0, 0.05) is 6.07 Å². The predicted octanol–water partition coefficient (Wildman–Crippen LogP) is 2.19. The molecule has 2 N–H and O–H groups in total. The molecule has 0 radical (unpaired) electrons. The lowest BCUT2D eigenvalue weighted by Crippen LogP contribution is -2.49. The van der Waals surface area contributed by atoms with Gasteiger partial charge in [0.1, 0.15) is 17.7 Å². The number of carbonyl (C=O) groups excluding carboxylic acids is 1. The molecule has 1 unspecified atom stereocenters. The maximum atomic E-state index is 13.4. The quantitative estimate of drug-likeness (QED) is 0.885. The fraction of sp³-hybridized carbons (Fsp3) is 0.385. The third-order valence-corrected chi connectivity index (χ3v) is 2.56. The summed E-state index contributed by atoms with van der Waals surface area (Å²) in [4.78, 5) is 22.9. The van der Waals surface area contributed by atoms with Crippen molar-refractivity contribution >= 4 is 11.9 Å². The fourth-order valence-corrected chi connectivity index (χ4v) is 1.53. The number of hydrogen-bond donors (Lipinski definition) is 2. The highest BCUT2D eigenvalue weighted by Gasteiger charge is 2.33. The summed E-state index contributed by atoms with van der Waals surface area (Å²) in [7, 11) is 0. The van der Waals surface area contributed by atoms with Crippen LogP contribution in [0.5, 0.6) is 0 Å². The minimum Gasteiger partial charge on any atom is -0.480 e.